The van der Waals surface area contributed by atoms with Crippen LogP contribution in [-0.4, -0.2) is 67.1 Å². The number of nitrogens with zero attached hydrogens (tertiary/aromatic N) is 4. The lowest BCUT2D eigenvalue weighted by molar-refractivity contribution is 0.248. The number of fused-ring (bicyclic) bond motifs is 1. The number of anilines is 1. The monoisotopic (exact) mass is 392 g/mol. The maximum Gasteiger partial charge on any atom is 0.214 e. The van der Waals surface area contributed by atoms with Gasteiger partial charge in [0, 0.05) is 45.3 Å². The number of piperazine rings is 1. The van der Waals surface area contributed by atoms with Crippen LogP contribution in [0.5, 0.6) is 0 Å². The SMILES string of the molecule is O=S1(=O)CCCN1Cc1ccc2nc(N3CCN(C4CC4)CC3)sc2c1. The second kappa shape index (κ2) is 6.44. The molecular weight excluding hydrogens is 368 g/mol. The van der Waals surface area contributed by atoms with Crippen LogP contribution in [0.2, 0.25) is 0 Å². The fourth-order valence-corrected chi connectivity index (χ4v) is 6.57. The average Bonchev–Trinajstić information content (AvgIpc) is 3.31. The summed E-state index contributed by atoms with van der Waals surface area (Å²) in [4.78, 5) is 9.82. The van der Waals surface area contributed by atoms with Crippen LogP contribution in [0, 0.1) is 0 Å². The first-order chi connectivity index (χ1) is 12.6. The zero-order valence-electron chi connectivity index (χ0n) is 14.8. The Hall–Kier alpha value is -1.22. The number of benzene rings is 1. The van der Waals surface area contributed by atoms with E-state index in [0.717, 1.165) is 59.6 Å². The van der Waals surface area contributed by atoms with Crippen molar-refractivity contribution in [2.45, 2.75) is 31.8 Å². The van der Waals surface area contributed by atoms with E-state index in [4.69, 9.17) is 4.98 Å². The van der Waals surface area contributed by atoms with Crippen molar-refractivity contribution in [2.24, 2.45) is 0 Å². The number of thiazole rings is 1. The van der Waals surface area contributed by atoms with E-state index >= 15 is 0 Å². The van der Waals surface area contributed by atoms with E-state index in [1.165, 1.54) is 12.8 Å². The molecule has 1 aromatic carbocycles. The summed E-state index contributed by atoms with van der Waals surface area (Å²) >= 11 is 1.73. The Morgan fingerprint density at radius 2 is 1.92 bits per heavy atom. The van der Waals surface area contributed by atoms with Crippen molar-refractivity contribution < 1.29 is 8.42 Å². The molecule has 2 saturated heterocycles. The first kappa shape index (κ1) is 16.9. The van der Waals surface area contributed by atoms with Crippen molar-refractivity contribution in [3.05, 3.63) is 23.8 Å². The number of hydrogen-bond donors (Lipinski definition) is 0. The van der Waals surface area contributed by atoms with E-state index in [2.05, 4.69) is 15.9 Å². The zero-order valence-corrected chi connectivity index (χ0v) is 16.4. The minimum Gasteiger partial charge on any atom is -0.345 e. The number of aromatic nitrogens is 1. The lowest BCUT2D eigenvalue weighted by Crippen LogP contribution is -2.47. The highest BCUT2D eigenvalue weighted by atomic mass is 32.2. The van der Waals surface area contributed by atoms with Crippen molar-refractivity contribution in [1.29, 1.82) is 0 Å². The second-order valence-corrected chi connectivity index (χ2v) is 10.7. The maximum absolute atomic E-state index is 12.0. The Labute approximate surface area is 158 Å². The van der Waals surface area contributed by atoms with Crippen LogP contribution in [0.25, 0.3) is 10.2 Å². The highest BCUT2D eigenvalue weighted by Crippen LogP contribution is 2.33. The van der Waals surface area contributed by atoms with Gasteiger partial charge in [0.05, 0.1) is 16.0 Å². The van der Waals surface area contributed by atoms with Crippen LogP contribution >= 0.6 is 11.3 Å². The fraction of sp³-hybridized carbons (Fsp3) is 0.611. The summed E-state index contributed by atoms with van der Waals surface area (Å²) in [5.41, 5.74) is 2.07. The van der Waals surface area contributed by atoms with Crippen LogP contribution in [0.3, 0.4) is 0 Å². The summed E-state index contributed by atoms with van der Waals surface area (Å²) in [6, 6.07) is 7.01. The molecular formula is C18H24N4O2S2. The molecule has 8 heteroatoms. The van der Waals surface area contributed by atoms with Crippen LogP contribution in [0.4, 0.5) is 5.13 Å². The van der Waals surface area contributed by atoms with E-state index in [1.54, 1.807) is 15.6 Å². The van der Waals surface area contributed by atoms with Gasteiger partial charge in [-0.1, -0.05) is 17.4 Å². The van der Waals surface area contributed by atoms with Gasteiger partial charge in [-0.05, 0) is 37.0 Å². The number of rotatable bonds is 4. The molecule has 1 aliphatic carbocycles. The molecule has 0 spiro atoms. The predicted octanol–water partition coefficient (Wildman–Crippen LogP) is 2.12. The minimum atomic E-state index is -3.05. The fourth-order valence-electron chi connectivity index (χ4n) is 3.98. The molecule has 140 valence electrons. The van der Waals surface area contributed by atoms with Gasteiger partial charge in [-0.2, -0.15) is 4.31 Å². The molecule has 0 amide bonds. The number of hydrogen-bond acceptors (Lipinski definition) is 6. The summed E-state index contributed by atoms with van der Waals surface area (Å²) in [5, 5.41) is 1.10. The summed E-state index contributed by atoms with van der Waals surface area (Å²) in [5.74, 6) is 0.285. The topological polar surface area (TPSA) is 56.8 Å². The molecule has 0 atom stereocenters. The van der Waals surface area contributed by atoms with Crippen LogP contribution in [-0.2, 0) is 16.6 Å². The van der Waals surface area contributed by atoms with Gasteiger partial charge in [-0.15, -0.1) is 0 Å². The summed E-state index contributed by atoms with van der Waals surface area (Å²) in [6.07, 6.45) is 3.48. The molecule has 5 rings (SSSR count). The Morgan fingerprint density at radius 1 is 1.12 bits per heavy atom. The third-order valence-electron chi connectivity index (χ3n) is 5.65. The lowest BCUT2D eigenvalue weighted by atomic mass is 10.2. The van der Waals surface area contributed by atoms with Gasteiger partial charge in [0.25, 0.3) is 0 Å². The van der Waals surface area contributed by atoms with Gasteiger partial charge < -0.3 is 4.90 Å². The Morgan fingerprint density at radius 3 is 2.62 bits per heavy atom. The van der Waals surface area contributed by atoms with Crippen molar-refractivity contribution in [3.63, 3.8) is 0 Å². The zero-order chi connectivity index (χ0) is 17.7. The largest absolute Gasteiger partial charge is 0.345 e. The highest BCUT2D eigenvalue weighted by Gasteiger charge is 2.32. The Balaban J connectivity index is 1.32. The van der Waals surface area contributed by atoms with Gasteiger partial charge >= 0.3 is 0 Å². The molecule has 0 unspecified atom stereocenters. The Bertz CT molecular complexity index is 914. The molecule has 1 saturated carbocycles. The molecule has 3 fully saturated rings. The second-order valence-electron chi connectivity index (χ2n) is 7.56. The van der Waals surface area contributed by atoms with Crippen LogP contribution in [0.15, 0.2) is 18.2 Å². The quantitative estimate of drug-likeness (QED) is 0.798. The van der Waals surface area contributed by atoms with E-state index in [0.29, 0.717) is 13.1 Å². The van der Waals surface area contributed by atoms with Crippen molar-refractivity contribution in [2.75, 3.05) is 43.4 Å². The number of sulfonamides is 1. The molecule has 6 nitrogen and oxygen atoms in total. The standard InChI is InChI=1S/C18H24N4O2S2/c23-26(24)11-1-6-22(26)13-14-2-5-16-17(12-14)25-18(19-16)21-9-7-20(8-10-21)15-3-4-15/h2,5,12,15H,1,3-4,6-11,13H2. The van der Waals surface area contributed by atoms with Gasteiger partial charge in [0.1, 0.15) is 0 Å². The van der Waals surface area contributed by atoms with Gasteiger partial charge in [0.15, 0.2) is 5.13 Å². The molecule has 0 N–H and O–H groups in total. The van der Waals surface area contributed by atoms with Crippen molar-refractivity contribution >= 4 is 36.7 Å². The van der Waals surface area contributed by atoms with E-state index in [-0.39, 0.29) is 5.75 Å². The average molecular weight is 393 g/mol. The first-order valence-corrected chi connectivity index (χ1v) is 11.9. The molecule has 26 heavy (non-hydrogen) atoms. The normalized spacial score (nSPS) is 24.5. The van der Waals surface area contributed by atoms with Crippen molar-refractivity contribution in [3.8, 4) is 0 Å². The molecule has 0 radical (unpaired) electrons. The van der Waals surface area contributed by atoms with Gasteiger partial charge in [-0.25, -0.2) is 13.4 Å². The smallest absolute Gasteiger partial charge is 0.214 e. The minimum absolute atomic E-state index is 0.285. The van der Waals surface area contributed by atoms with Gasteiger partial charge in [-0.3, -0.25) is 4.90 Å². The molecule has 1 aromatic heterocycles. The summed E-state index contributed by atoms with van der Waals surface area (Å²) < 4.78 is 26.8. The van der Waals surface area contributed by atoms with Crippen LogP contribution in [0.1, 0.15) is 24.8 Å². The third-order valence-corrected chi connectivity index (χ3v) is 8.63. The lowest BCUT2D eigenvalue weighted by Gasteiger charge is -2.34. The molecule has 2 aliphatic heterocycles. The van der Waals surface area contributed by atoms with Gasteiger partial charge in [0.2, 0.25) is 10.0 Å². The highest BCUT2D eigenvalue weighted by molar-refractivity contribution is 7.89. The molecule has 2 aromatic rings. The Kier molecular flexibility index (Phi) is 4.19. The van der Waals surface area contributed by atoms with Crippen molar-refractivity contribution in [1.82, 2.24) is 14.2 Å². The maximum atomic E-state index is 12.0. The molecule has 3 heterocycles. The van der Waals surface area contributed by atoms with E-state index in [9.17, 15) is 8.42 Å². The third kappa shape index (κ3) is 3.24. The summed E-state index contributed by atoms with van der Waals surface area (Å²) in [6.45, 7) is 5.49. The predicted molar refractivity (Wildman–Crippen MR) is 105 cm³/mol. The van der Waals surface area contributed by atoms with Crippen LogP contribution < -0.4 is 4.90 Å². The molecule has 3 aliphatic rings. The van der Waals surface area contributed by atoms with E-state index < -0.39 is 10.0 Å². The van der Waals surface area contributed by atoms with E-state index in [1.807, 2.05) is 12.1 Å². The first-order valence-electron chi connectivity index (χ1n) is 9.45. The molecule has 0 bridgehead atoms. The summed E-state index contributed by atoms with van der Waals surface area (Å²) in [7, 11) is -3.05.